The van der Waals surface area contributed by atoms with Gasteiger partial charge in [0.25, 0.3) is 0 Å². The highest BCUT2D eigenvalue weighted by atomic mass is 28.4. The Morgan fingerprint density at radius 1 is 1.13 bits per heavy atom. The third-order valence-electron chi connectivity index (χ3n) is 7.81. The molecule has 0 amide bonds. The third-order valence-corrected chi connectivity index (χ3v) is 12.3. The van der Waals surface area contributed by atoms with Crippen molar-refractivity contribution in [3.8, 4) is 0 Å². The van der Waals surface area contributed by atoms with Crippen LogP contribution in [0, 0.1) is 16.7 Å². The predicted molar refractivity (Wildman–Crippen MR) is 100 cm³/mol. The minimum Gasteiger partial charge on any atom is -0.417 e. The van der Waals surface area contributed by atoms with Crippen molar-refractivity contribution >= 4 is 14.1 Å². The molecule has 0 unspecified atom stereocenters. The number of carbonyl (C=O) groups is 1. The first kappa shape index (κ1) is 19.2. The first-order valence-corrected chi connectivity index (χ1v) is 12.5. The number of Topliss-reactive ketones (excluding diaryl/α,β-unsaturated/α-hetero) is 1. The number of hydrogen-bond donors (Lipinski definition) is 0. The van der Waals surface area contributed by atoms with E-state index >= 15 is 0 Å². The van der Waals surface area contributed by atoms with Crippen LogP contribution in [-0.4, -0.2) is 20.7 Å². The maximum Gasteiger partial charge on any atom is 0.191 e. The number of carbonyl (C=O) groups excluding carboxylic acids is 1. The zero-order chi connectivity index (χ0) is 17.5. The summed E-state index contributed by atoms with van der Waals surface area (Å²) in [6.07, 6.45) is 7.86. The molecule has 0 N–H and O–H groups in total. The molecule has 2 fully saturated rings. The number of rotatable bonds is 4. The maximum absolute atomic E-state index is 12.8. The largest absolute Gasteiger partial charge is 0.417 e. The van der Waals surface area contributed by atoms with Gasteiger partial charge in [0.15, 0.2) is 8.32 Å². The van der Waals surface area contributed by atoms with Gasteiger partial charge in [-0.3, -0.25) is 4.79 Å². The first-order valence-electron chi connectivity index (χ1n) is 9.61. The van der Waals surface area contributed by atoms with Gasteiger partial charge in [-0.05, 0) is 55.1 Å². The number of hydrogen-bond acceptors (Lipinski definition) is 2. The molecule has 3 atom stereocenters. The van der Waals surface area contributed by atoms with Crippen molar-refractivity contribution in [3.05, 3.63) is 0 Å². The van der Waals surface area contributed by atoms with Gasteiger partial charge < -0.3 is 4.43 Å². The van der Waals surface area contributed by atoms with Crippen LogP contribution in [0.1, 0.15) is 79.6 Å². The highest BCUT2D eigenvalue weighted by Gasteiger charge is 2.56. The third kappa shape index (κ3) is 3.33. The molecule has 0 saturated heterocycles. The average Bonchev–Trinajstić information content (AvgIpc) is 2.82. The van der Waals surface area contributed by atoms with E-state index in [2.05, 4.69) is 47.7 Å². The fraction of sp³-hybridized carbons (Fsp3) is 0.950. The zero-order valence-electron chi connectivity index (χ0n) is 16.6. The van der Waals surface area contributed by atoms with Crippen LogP contribution in [0.2, 0.25) is 18.1 Å². The Balaban J connectivity index is 2.15. The predicted octanol–water partition coefficient (Wildman–Crippen LogP) is 5.96. The molecule has 2 aliphatic rings. The van der Waals surface area contributed by atoms with Gasteiger partial charge in [-0.15, -0.1) is 0 Å². The van der Waals surface area contributed by atoms with Crippen molar-refractivity contribution in [1.82, 2.24) is 0 Å². The number of ketones is 1. The van der Waals surface area contributed by atoms with Gasteiger partial charge in [-0.1, -0.05) is 47.5 Å². The van der Waals surface area contributed by atoms with Crippen LogP contribution in [0.4, 0.5) is 0 Å². The fourth-order valence-corrected chi connectivity index (χ4v) is 5.59. The molecule has 0 radical (unpaired) electrons. The van der Waals surface area contributed by atoms with Gasteiger partial charge in [-0.25, -0.2) is 0 Å². The fourth-order valence-electron chi connectivity index (χ4n) is 4.54. The highest BCUT2D eigenvalue weighted by molar-refractivity contribution is 6.74. The van der Waals surface area contributed by atoms with Crippen molar-refractivity contribution in [3.63, 3.8) is 0 Å². The van der Waals surface area contributed by atoms with Crippen molar-refractivity contribution < 1.29 is 9.22 Å². The monoisotopic (exact) mass is 338 g/mol. The topological polar surface area (TPSA) is 26.3 Å². The Morgan fingerprint density at radius 2 is 1.78 bits per heavy atom. The van der Waals surface area contributed by atoms with Crippen LogP contribution in [-0.2, 0) is 9.22 Å². The second-order valence-electron chi connectivity index (χ2n) is 10.0. The Morgan fingerprint density at radius 3 is 2.35 bits per heavy atom. The molecule has 0 bridgehead atoms. The molecule has 134 valence electrons. The Kier molecular flexibility index (Phi) is 5.25. The van der Waals surface area contributed by atoms with E-state index in [1.165, 1.54) is 25.7 Å². The van der Waals surface area contributed by atoms with Crippen molar-refractivity contribution in [1.29, 1.82) is 0 Å². The van der Waals surface area contributed by atoms with E-state index in [1.54, 1.807) is 0 Å². The van der Waals surface area contributed by atoms with Gasteiger partial charge >= 0.3 is 0 Å². The average molecular weight is 339 g/mol. The van der Waals surface area contributed by atoms with E-state index in [9.17, 15) is 4.79 Å². The van der Waals surface area contributed by atoms with Gasteiger partial charge in [0.05, 0.1) is 0 Å². The summed E-state index contributed by atoms with van der Waals surface area (Å²) < 4.78 is 6.57. The van der Waals surface area contributed by atoms with E-state index in [4.69, 9.17) is 4.43 Å². The van der Waals surface area contributed by atoms with Crippen LogP contribution in [0.25, 0.3) is 0 Å². The molecule has 0 aliphatic heterocycles. The summed E-state index contributed by atoms with van der Waals surface area (Å²) in [4.78, 5) is 12.8. The first-order chi connectivity index (χ1) is 10.4. The van der Waals surface area contributed by atoms with Gasteiger partial charge in [-0.2, -0.15) is 0 Å². The van der Waals surface area contributed by atoms with Crippen LogP contribution in [0.15, 0.2) is 0 Å². The van der Waals surface area contributed by atoms with E-state index in [1.807, 2.05) is 0 Å². The molecule has 0 heterocycles. The van der Waals surface area contributed by atoms with E-state index in [-0.39, 0.29) is 15.9 Å². The lowest BCUT2D eigenvalue weighted by atomic mass is 9.54. The lowest BCUT2D eigenvalue weighted by Crippen LogP contribution is -2.50. The van der Waals surface area contributed by atoms with Crippen molar-refractivity contribution in [2.24, 2.45) is 16.7 Å². The molecule has 2 rings (SSSR count). The maximum atomic E-state index is 12.8. The quantitative estimate of drug-likeness (QED) is 0.591. The SMILES string of the molecule is CC(C)(C)[Si](C)(C)OC[C@@H]1CCC[C@]1(C)[C@@]1(C)CCCCC1=O. The molecular weight excluding hydrogens is 300 g/mol. The summed E-state index contributed by atoms with van der Waals surface area (Å²) in [5.41, 5.74) is 0.01000. The molecule has 2 saturated carbocycles. The zero-order valence-corrected chi connectivity index (χ0v) is 17.6. The molecule has 2 aliphatic carbocycles. The Hall–Kier alpha value is -0.153. The lowest BCUT2D eigenvalue weighted by Gasteiger charge is -2.50. The highest BCUT2D eigenvalue weighted by Crippen LogP contribution is 2.59. The minimum atomic E-state index is -1.71. The van der Waals surface area contributed by atoms with Crippen LogP contribution >= 0.6 is 0 Å². The van der Waals surface area contributed by atoms with Gasteiger partial charge in [0.2, 0.25) is 0 Å². The van der Waals surface area contributed by atoms with E-state index in [0.717, 1.165) is 25.9 Å². The molecule has 0 aromatic carbocycles. The van der Waals surface area contributed by atoms with Crippen molar-refractivity contribution in [2.75, 3.05) is 6.61 Å². The van der Waals surface area contributed by atoms with Gasteiger partial charge in [0.1, 0.15) is 5.78 Å². The molecular formula is C20H38O2Si. The van der Waals surface area contributed by atoms with Gasteiger partial charge in [0, 0.05) is 18.4 Å². The van der Waals surface area contributed by atoms with Crippen molar-refractivity contribution in [2.45, 2.75) is 97.7 Å². The molecule has 0 aromatic heterocycles. The van der Waals surface area contributed by atoms with E-state index in [0.29, 0.717) is 11.7 Å². The summed E-state index contributed by atoms with van der Waals surface area (Å²) >= 11 is 0. The minimum absolute atomic E-state index is 0.122. The Labute approximate surface area is 144 Å². The summed E-state index contributed by atoms with van der Waals surface area (Å²) in [5.74, 6) is 1.06. The molecule has 23 heavy (non-hydrogen) atoms. The summed E-state index contributed by atoms with van der Waals surface area (Å²) in [6.45, 7) is 17.1. The van der Waals surface area contributed by atoms with Crippen LogP contribution in [0.5, 0.6) is 0 Å². The second-order valence-corrected chi connectivity index (χ2v) is 14.8. The summed E-state index contributed by atoms with van der Waals surface area (Å²) in [7, 11) is -1.71. The normalized spacial score (nSPS) is 36.5. The summed E-state index contributed by atoms with van der Waals surface area (Å²) in [6, 6.07) is 0. The smallest absolute Gasteiger partial charge is 0.191 e. The van der Waals surface area contributed by atoms with E-state index < -0.39 is 8.32 Å². The van der Waals surface area contributed by atoms with Crippen LogP contribution < -0.4 is 0 Å². The van der Waals surface area contributed by atoms with Crippen LogP contribution in [0.3, 0.4) is 0 Å². The Bertz CT molecular complexity index is 451. The molecule has 2 nitrogen and oxygen atoms in total. The second kappa shape index (κ2) is 6.29. The molecule has 0 spiro atoms. The molecule has 0 aromatic rings. The molecule has 3 heteroatoms. The summed E-state index contributed by atoms with van der Waals surface area (Å²) in [5, 5.41) is 0.257. The lowest BCUT2D eigenvalue weighted by molar-refractivity contribution is -0.142. The standard InChI is InChI=1S/C20H38O2Si/c1-18(2,3)23(6,7)22-15-16-11-10-14-19(16,4)20(5)13-9-8-12-17(20)21/h16H,8-15H2,1-7H3/t16-,19-,20-/m0/s1.